The first-order valence-electron chi connectivity index (χ1n) is 11.2. The number of nitrogens with zero attached hydrogens (tertiary/aromatic N) is 4. The number of hydrogen-bond donors (Lipinski definition) is 2. The molecule has 0 radical (unpaired) electrons. The number of methoxy groups -OCH3 is 1. The summed E-state index contributed by atoms with van der Waals surface area (Å²) in [6, 6.07) is 7.61. The molecule has 0 saturated carbocycles. The molecule has 0 bridgehead atoms. The molecule has 1 aliphatic rings. The number of hydrogen-bond acceptors (Lipinski definition) is 6. The smallest absolute Gasteiger partial charge is 0.274 e. The number of ether oxygens (including phenoxy) is 1. The van der Waals surface area contributed by atoms with Crippen LogP contribution in [0.25, 0.3) is 22.1 Å². The lowest BCUT2D eigenvalue weighted by atomic mass is 10.00. The quantitative estimate of drug-likeness (QED) is 0.476. The Morgan fingerprint density at radius 1 is 1.26 bits per heavy atom. The van der Waals surface area contributed by atoms with Crippen molar-refractivity contribution in [1.29, 1.82) is 0 Å². The fourth-order valence-electron chi connectivity index (χ4n) is 4.48. The Bertz CT molecular complexity index is 1480. The van der Waals surface area contributed by atoms with Crippen LogP contribution < -0.4 is 15.6 Å². The third-order valence-corrected chi connectivity index (χ3v) is 6.32. The highest BCUT2D eigenvalue weighted by Gasteiger charge is 2.18. The minimum atomic E-state index is -0.190. The van der Waals surface area contributed by atoms with E-state index in [2.05, 4.69) is 31.4 Å². The summed E-state index contributed by atoms with van der Waals surface area (Å²) in [6.45, 7) is 4.22. The lowest BCUT2D eigenvalue weighted by molar-refractivity contribution is 0.0958. The molecule has 0 aliphatic carbocycles. The second-order valence-corrected chi connectivity index (χ2v) is 8.45. The van der Waals surface area contributed by atoms with E-state index in [-0.39, 0.29) is 11.5 Å². The van der Waals surface area contributed by atoms with E-state index < -0.39 is 0 Å². The minimum absolute atomic E-state index is 0.153. The molecule has 1 aliphatic heterocycles. The van der Waals surface area contributed by atoms with Gasteiger partial charge >= 0.3 is 0 Å². The van der Waals surface area contributed by atoms with Crippen molar-refractivity contribution in [2.75, 3.05) is 27.2 Å². The summed E-state index contributed by atoms with van der Waals surface area (Å²) >= 11 is 0. The zero-order chi connectivity index (χ0) is 23.8. The SMILES string of the molecule is CNC(=O)c1ccc(C2=CCN(Cc3cc4[nH]c(=O)c5c(C)cnn5c4cc3OC)CC2)cn1. The van der Waals surface area contributed by atoms with Crippen LogP contribution in [0.15, 0.2) is 47.5 Å². The predicted octanol–water partition coefficient (Wildman–Crippen LogP) is 2.54. The Kier molecular flexibility index (Phi) is 5.62. The monoisotopic (exact) mass is 458 g/mol. The molecule has 0 spiro atoms. The maximum absolute atomic E-state index is 12.6. The molecule has 0 saturated heterocycles. The second-order valence-electron chi connectivity index (χ2n) is 8.45. The molecule has 5 rings (SSSR count). The molecule has 4 heterocycles. The molecule has 3 aromatic heterocycles. The van der Waals surface area contributed by atoms with E-state index in [1.807, 2.05) is 25.1 Å². The standard InChI is InChI=1S/C25H26N6O3/c1-15-12-28-31-21-11-22(34-3)18(10-20(21)29-25(33)23(15)31)14-30-8-6-16(7-9-30)17-4-5-19(27-13-17)24(32)26-2/h4-6,10-13H,7-9,14H2,1-3H3,(H,26,32)(H,29,33). The molecule has 0 unspecified atom stereocenters. The van der Waals surface area contributed by atoms with Gasteiger partial charge in [0.25, 0.3) is 11.5 Å². The first kappa shape index (κ1) is 21.8. The van der Waals surface area contributed by atoms with Gasteiger partial charge in [-0.1, -0.05) is 12.1 Å². The number of fused-ring (bicyclic) bond motifs is 3. The van der Waals surface area contributed by atoms with Gasteiger partial charge in [0.15, 0.2) is 0 Å². The summed E-state index contributed by atoms with van der Waals surface area (Å²) in [5.41, 5.74) is 6.43. The molecule has 34 heavy (non-hydrogen) atoms. The largest absolute Gasteiger partial charge is 0.496 e. The molecule has 1 aromatic carbocycles. The van der Waals surface area contributed by atoms with Gasteiger partial charge in [-0.15, -0.1) is 0 Å². The predicted molar refractivity (Wildman–Crippen MR) is 130 cm³/mol. The van der Waals surface area contributed by atoms with Crippen molar-refractivity contribution in [1.82, 2.24) is 29.8 Å². The fourth-order valence-corrected chi connectivity index (χ4v) is 4.48. The van der Waals surface area contributed by atoms with Crippen LogP contribution >= 0.6 is 0 Å². The Hall–Kier alpha value is -3.98. The molecule has 0 atom stereocenters. The number of rotatable bonds is 5. The van der Waals surface area contributed by atoms with Gasteiger partial charge in [-0.25, -0.2) is 4.52 Å². The van der Waals surface area contributed by atoms with Crippen LogP contribution in [-0.4, -0.2) is 57.6 Å². The lowest BCUT2D eigenvalue weighted by Gasteiger charge is -2.27. The van der Waals surface area contributed by atoms with Crippen molar-refractivity contribution in [2.45, 2.75) is 19.9 Å². The second kappa shape index (κ2) is 8.75. The van der Waals surface area contributed by atoms with Crippen molar-refractivity contribution in [3.63, 3.8) is 0 Å². The van der Waals surface area contributed by atoms with E-state index in [4.69, 9.17) is 4.74 Å². The average Bonchev–Trinajstić information content (AvgIpc) is 3.26. The zero-order valence-corrected chi connectivity index (χ0v) is 19.4. The normalized spacial score (nSPS) is 14.4. The average molecular weight is 459 g/mol. The summed E-state index contributed by atoms with van der Waals surface area (Å²) in [5.74, 6) is 0.571. The van der Waals surface area contributed by atoms with Crippen LogP contribution in [0.2, 0.25) is 0 Å². The molecule has 9 heteroatoms. The maximum Gasteiger partial charge on any atom is 0.274 e. The van der Waals surface area contributed by atoms with Gasteiger partial charge in [0, 0.05) is 50.1 Å². The van der Waals surface area contributed by atoms with Crippen molar-refractivity contribution < 1.29 is 9.53 Å². The van der Waals surface area contributed by atoms with Crippen LogP contribution in [0.1, 0.15) is 33.6 Å². The van der Waals surface area contributed by atoms with E-state index >= 15 is 0 Å². The van der Waals surface area contributed by atoms with E-state index in [1.54, 1.807) is 37.1 Å². The van der Waals surface area contributed by atoms with Crippen molar-refractivity contribution >= 4 is 28.0 Å². The van der Waals surface area contributed by atoms with Crippen LogP contribution in [0.3, 0.4) is 0 Å². The summed E-state index contributed by atoms with van der Waals surface area (Å²) in [7, 11) is 3.25. The zero-order valence-electron chi connectivity index (χ0n) is 19.4. The minimum Gasteiger partial charge on any atom is -0.496 e. The Labute approximate surface area is 196 Å². The first-order chi connectivity index (χ1) is 16.5. The number of aryl methyl sites for hydroxylation is 1. The highest BCUT2D eigenvalue weighted by Crippen LogP contribution is 2.28. The maximum atomic E-state index is 12.6. The van der Waals surface area contributed by atoms with Crippen LogP contribution in [0, 0.1) is 6.92 Å². The lowest BCUT2D eigenvalue weighted by Crippen LogP contribution is -2.28. The molecule has 9 nitrogen and oxygen atoms in total. The number of benzene rings is 1. The Morgan fingerprint density at radius 2 is 2.12 bits per heavy atom. The van der Waals surface area contributed by atoms with Gasteiger partial charge in [-0.05, 0) is 36.6 Å². The molecule has 1 amide bonds. The van der Waals surface area contributed by atoms with Crippen molar-refractivity contribution in [3.8, 4) is 5.75 Å². The molecule has 2 N–H and O–H groups in total. The Balaban J connectivity index is 1.38. The van der Waals surface area contributed by atoms with Gasteiger partial charge in [0.1, 0.15) is 17.0 Å². The van der Waals surface area contributed by atoms with E-state index in [9.17, 15) is 9.59 Å². The summed E-state index contributed by atoms with van der Waals surface area (Å²) in [4.78, 5) is 33.9. The van der Waals surface area contributed by atoms with Gasteiger partial charge < -0.3 is 15.0 Å². The summed E-state index contributed by atoms with van der Waals surface area (Å²) in [6.07, 6.45) is 6.53. The van der Waals surface area contributed by atoms with Crippen LogP contribution in [-0.2, 0) is 6.54 Å². The van der Waals surface area contributed by atoms with E-state index in [1.165, 1.54) is 5.57 Å². The summed E-state index contributed by atoms with van der Waals surface area (Å²) < 4.78 is 7.37. The van der Waals surface area contributed by atoms with Gasteiger partial charge in [-0.2, -0.15) is 5.10 Å². The number of carbonyl (C=O) groups excluding carboxylic acids is 1. The van der Waals surface area contributed by atoms with Gasteiger partial charge in [0.2, 0.25) is 0 Å². The van der Waals surface area contributed by atoms with Crippen molar-refractivity contribution in [3.05, 3.63) is 75.5 Å². The van der Waals surface area contributed by atoms with Gasteiger partial charge in [-0.3, -0.25) is 19.5 Å². The molecule has 174 valence electrons. The number of aromatic nitrogens is 4. The van der Waals surface area contributed by atoms with E-state index in [0.29, 0.717) is 17.8 Å². The number of aromatic amines is 1. The van der Waals surface area contributed by atoms with Crippen molar-refractivity contribution in [2.24, 2.45) is 0 Å². The fraction of sp³-hybridized carbons (Fsp3) is 0.280. The van der Waals surface area contributed by atoms with Crippen LogP contribution in [0.4, 0.5) is 0 Å². The molecular formula is C25H26N6O3. The number of H-pyrrole nitrogens is 1. The Morgan fingerprint density at radius 3 is 2.79 bits per heavy atom. The van der Waals surface area contributed by atoms with E-state index in [0.717, 1.165) is 53.0 Å². The number of carbonyl (C=O) groups is 1. The topological polar surface area (TPSA) is 105 Å². The first-order valence-corrected chi connectivity index (χ1v) is 11.2. The third-order valence-electron chi connectivity index (χ3n) is 6.32. The number of amides is 1. The molecule has 0 fully saturated rings. The summed E-state index contributed by atoms with van der Waals surface area (Å²) in [5, 5.41) is 6.97. The molecule has 4 aromatic rings. The van der Waals surface area contributed by atoms with Gasteiger partial charge in [0.05, 0.1) is 24.3 Å². The third kappa shape index (κ3) is 3.84. The number of pyridine rings is 1. The highest BCUT2D eigenvalue weighted by molar-refractivity contribution is 5.92. The highest BCUT2D eigenvalue weighted by atomic mass is 16.5. The molecular weight excluding hydrogens is 432 g/mol. The number of nitrogens with one attached hydrogen (secondary N) is 2. The van der Waals surface area contributed by atoms with Crippen LogP contribution in [0.5, 0.6) is 5.75 Å².